The van der Waals surface area contributed by atoms with Gasteiger partial charge in [-0.15, -0.1) is 20.4 Å². The molecule has 246 valence electrons. The van der Waals surface area contributed by atoms with Gasteiger partial charge in [0.15, 0.2) is 0 Å². The van der Waals surface area contributed by atoms with Crippen molar-refractivity contribution in [3.05, 3.63) is 63.5 Å². The Morgan fingerprint density at radius 2 is 1.30 bits per heavy atom. The Kier molecular flexibility index (Phi) is 8.36. The number of hydrogen-bond donors (Lipinski definition) is 2. The van der Waals surface area contributed by atoms with Crippen molar-refractivity contribution in [3.8, 4) is 0 Å². The molecular formula is C30H29F4N9O2S2. The standard InChI is InChI=1S/C30H29F4N9O2S2/c31-29(32)12-18(13-29)21-5-1-3-19(35-21)10-23(44)37-27-41-39-25(46-27)16-7-8-17(9-16)26-40-42-28(47-26)38-24(45)11-20-4-2-6-22(36-20)43-14-30(33,34)15-43/h1-6,16-18H,7-15H2,(H,37,41,44)(H,38,42,45)/t16-,17-/m0/s1. The third-order valence-corrected chi connectivity index (χ3v) is 10.5. The van der Waals surface area contributed by atoms with E-state index in [2.05, 4.69) is 41.0 Å². The summed E-state index contributed by atoms with van der Waals surface area (Å²) in [5.41, 5.74) is 1.56. The van der Waals surface area contributed by atoms with E-state index >= 15 is 0 Å². The fourth-order valence-electron chi connectivity index (χ4n) is 6.10. The molecule has 0 bridgehead atoms. The van der Waals surface area contributed by atoms with E-state index in [1.165, 1.54) is 27.6 Å². The Morgan fingerprint density at radius 3 is 1.85 bits per heavy atom. The lowest BCUT2D eigenvalue weighted by molar-refractivity contribution is -0.116. The van der Waals surface area contributed by atoms with Gasteiger partial charge in [0, 0.05) is 36.3 Å². The Morgan fingerprint density at radius 1 is 0.745 bits per heavy atom. The molecule has 4 aromatic rings. The molecule has 0 aromatic carbocycles. The van der Waals surface area contributed by atoms with E-state index in [0.717, 1.165) is 29.3 Å². The summed E-state index contributed by atoms with van der Waals surface area (Å²) in [6, 6.07) is 10.2. The van der Waals surface area contributed by atoms with Crippen LogP contribution < -0.4 is 15.5 Å². The van der Waals surface area contributed by atoms with E-state index in [1.807, 2.05) is 0 Å². The number of hydrogen-bond acceptors (Lipinski definition) is 11. The second-order valence-corrected chi connectivity index (χ2v) is 14.3. The summed E-state index contributed by atoms with van der Waals surface area (Å²) in [4.78, 5) is 35.6. The van der Waals surface area contributed by atoms with Gasteiger partial charge in [-0.3, -0.25) is 14.6 Å². The van der Waals surface area contributed by atoms with Gasteiger partial charge in [0.25, 0.3) is 5.92 Å². The molecule has 1 aliphatic heterocycles. The number of nitrogens with zero attached hydrogens (tertiary/aromatic N) is 7. The number of halogens is 4. The van der Waals surface area contributed by atoms with Gasteiger partial charge >= 0.3 is 0 Å². The van der Waals surface area contributed by atoms with Crippen molar-refractivity contribution in [2.24, 2.45) is 0 Å². The van der Waals surface area contributed by atoms with Gasteiger partial charge in [0.1, 0.15) is 15.8 Å². The third kappa shape index (κ3) is 7.40. The summed E-state index contributed by atoms with van der Waals surface area (Å²) in [7, 11) is 0. The molecule has 2 atom stereocenters. The lowest BCUT2D eigenvalue weighted by Crippen LogP contribution is -2.56. The molecule has 0 spiro atoms. The van der Waals surface area contributed by atoms with Crippen LogP contribution in [0, 0.1) is 0 Å². The van der Waals surface area contributed by atoms with Crippen LogP contribution >= 0.6 is 22.7 Å². The first-order valence-electron chi connectivity index (χ1n) is 15.2. The highest BCUT2D eigenvalue weighted by Gasteiger charge is 2.46. The molecule has 0 unspecified atom stereocenters. The van der Waals surface area contributed by atoms with Gasteiger partial charge in [0.2, 0.25) is 28.0 Å². The first-order chi connectivity index (χ1) is 22.5. The molecule has 17 heteroatoms. The van der Waals surface area contributed by atoms with Gasteiger partial charge in [0.05, 0.1) is 37.3 Å². The van der Waals surface area contributed by atoms with Crippen LogP contribution in [0.4, 0.5) is 33.6 Å². The number of nitrogens with one attached hydrogen (secondary N) is 2. The van der Waals surface area contributed by atoms with Gasteiger partial charge in [-0.2, -0.15) is 0 Å². The van der Waals surface area contributed by atoms with Crippen molar-refractivity contribution in [2.45, 2.75) is 74.5 Å². The molecule has 2 amide bonds. The molecule has 2 N–H and O–H groups in total. The van der Waals surface area contributed by atoms with E-state index in [4.69, 9.17) is 0 Å². The molecule has 3 fully saturated rings. The van der Waals surface area contributed by atoms with Crippen LogP contribution in [0.3, 0.4) is 0 Å². The summed E-state index contributed by atoms with van der Waals surface area (Å²) in [5, 5.41) is 24.8. The van der Waals surface area contributed by atoms with E-state index in [0.29, 0.717) is 33.2 Å². The van der Waals surface area contributed by atoms with E-state index < -0.39 is 11.8 Å². The fraction of sp³-hybridized carbons (Fsp3) is 0.467. The SMILES string of the molecule is O=C(Cc1cccc(C2CC(F)(F)C2)n1)Nc1nnc([C@H]2CC[C@H](c3nnc(NC(=O)Cc4cccc(N5CC(F)(F)C5)n4)s3)C2)s1. The maximum atomic E-state index is 13.3. The molecule has 2 aliphatic carbocycles. The minimum Gasteiger partial charge on any atom is -0.344 e. The Balaban J connectivity index is 0.882. The number of pyridine rings is 2. The number of aromatic nitrogens is 6. The average Bonchev–Trinajstić information content (AvgIpc) is 3.76. The second-order valence-electron chi connectivity index (χ2n) is 12.3. The van der Waals surface area contributed by atoms with Crippen molar-refractivity contribution in [1.82, 2.24) is 30.4 Å². The van der Waals surface area contributed by atoms with Crippen LogP contribution in [0.15, 0.2) is 36.4 Å². The van der Waals surface area contributed by atoms with Crippen LogP contribution in [0.2, 0.25) is 0 Å². The number of carbonyl (C=O) groups excluding carboxylic acids is 2. The van der Waals surface area contributed by atoms with Crippen LogP contribution in [0.5, 0.6) is 0 Å². The molecule has 2 saturated carbocycles. The van der Waals surface area contributed by atoms with Gasteiger partial charge in [-0.05, 0) is 43.5 Å². The van der Waals surface area contributed by atoms with Crippen LogP contribution in [-0.4, -0.2) is 67.1 Å². The second kappa shape index (κ2) is 12.5. The Hall–Kier alpha value is -4.12. The predicted molar refractivity (Wildman–Crippen MR) is 166 cm³/mol. The first kappa shape index (κ1) is 31.5. The van der Waals surface area contributed by atoms with Crippen molar-refractivity contribution in [1.29, 1.82) is 0 Å². The number of rotatable bonds is 10. The van der Waals surface area contributed by atoms with Crippen molar-refractivity contribution < 1.29 is 27.2 Å². The Bertz CT molecular complexity index is 1660. The highest BCUT2D eigenvalue weighted by molar-refractivity contribution is 7.15. The van der Waals surface area contributed by atoms with Gasteiger partial charge in [-0.1, -0.05) is 34.8 Å². The van der Waals surface area contributed by atoms with Crippen LogP contribution in [-0.2, 0) is 22.4 Å². The molecule has 11 nitrogen and oxygen atoms in total. The topological polar surface area (TPSA) is 139 Å². The minimum absolute atomic E-state index is 0.00368. The molecule has 4 aromatic heterocycles. The molecule has 7 rings (SSSR count). The summed E-state index contributed by atoms with van der Waals surface area (Å²) in [6.45, 7) is -0.766. The average molecular weight is 688 g/mol. The summed E-state index contributed by atoms with van der Waals surface area (Å²) in [6.07, 6.45) is 2.02. The number of carbonyl (C=O) groups is 2. The summed E-state index contributed by atoms with van der Waals surface area (Å²) in [5.74, 6) is -5.59. The lowest BCUT2D eigenvalue weighted by Gasteiger charge is -2.39. The van der Waals surface area contributed by atoms with E-state index in [-0.39, 0.29) is 68.3 Å². The van der Waals surface area contributed by atoms with E-state index in [9.17, 15) is 27.2 Å². The number of alkyl halides is 4. The normalized spacial score (nSPS) is 21.6. The zero-order valence-electron chi connectivity index (χ0n) is 24.8. The monoisotopic (exact) mass is 687 g/mol. The minimum atomic E-state index is -2.71. The van der Waals surface area contributed by atoms with Gasteiger partial charge < -0.3 is 15.5 Å². The number of amides is 2. The molecular weight excluding hydrogens is 659 g/mol. The first-order valence-corrected chi connectivity index (χ1v) is 16.8. The molecule has 1 saturated heterocycles. The third-order valence-electron chi connectivity index (χ3n) is 8.49. The highest BCUT2D eigenvalue weighted by atomic mass is 32.1. The Labute approximate surface area is 274 Å². The molecule has 5 heterocycles. The fourth-order valence-corrected chi connectivity index (χ4v) is 7.91. The zero-order valence-corrected chi connectivity index (χ0v) is 26.5. The molecule has 3 aliphatic rings. The predicted octanol–water partition coefficient (Wildman–Crippen LogP) is 5.56. The van der Waals surface area contributed by atoms with Crippen LogP contribution in [0.25, 0.3) is 0 Å². The van der Waals surface area contributed by atoms with Gasteiger partial charge in [-0.25, -0.2) is 22.5 Å². The van der Waals surface area contributed by atoms with E-state index in [1.54, 1.807) is 36.4 Å². The summed E-state index contributed by atoms with van der Waals surface area (Å²) >= 11 is 2.63. The quantitative estimate of drug-likeness (QED) is 0.205. The van der Waals surface area contributed by atoms with Crippen molar-refractivity contribution in [3.63, 3.8) is 0 Å². The zero-order chi connectivity index (χ0) is 32.8. The molecule has 47 heavy (non-hydrogen) atoms. The van der Waals surface area contributed by atoms with Crippen molar-refractivity contribution >= 4 is 50.6 Å². The number of anilines is 3. The largest absolute Gasteiger partial charge is 0.344 e. The summed E-state index contributed by atoms with van der Waals surface area (Å²) < 4.78 is 53.0. The van der Waals surface area contributed by atoms with Crippen LogP contribution in [0.1, 0.15) is 77.0 Å². The highest BCUT2D eigenvalue weighted by Crippen LogP contribution is 2.48. The maximum Gasteiger partial charge on any atom is 0.282 e. The smallest absolute Gasteiger partial charge is 0.282 e. The van der Waals surface area contributed by atoms with Crippen molar-refractivity contribution in [2.75, 3.05) is 28.6 Å². The maximum absolute atomic E-state index is 13.3. The lowest BCUT2D eigenvalue weighted by atomic mass is 9.79. The molecule has 0 radical (unpaired) electrons.